The summed E-state index contributed by atoms with van der Waals surface area (Å²) in [6.07, 6.45) is 3.81. The van der Waals surface area contributed by atoms with Gasteiger partial charge in [-0.3, -0.25) is 4.79 Å². The Morgan fingerprint density at radius 3 is 2.90 bits per heavy atom. The van der Waals surface area contributed by atoms with E-state index in [9.17, 15) is 10.1 Å². The van der Waals surface area contributed by atoms with Crippen molar-refractivity contribution in [3.05, 3.63) is 59.6 Å². The predicted molar refractivity (Wildman–Crippen MR) is 74.8 cm³/mol. The van der Waals surface area contributed by atoms with Gasteiger partial charge < -0.3 is 9.32 Å². The van der Waals surface area contributed by atoms with Gasteiger partial charge in [-0.1, -0.05) is 18.2 Å². The van der Waals surface area contributed by atoms with Gasteiger partial charge in [0.05, 0.1) is 6.26 Å². The molecule has 3 rings (SSSR count). The van der Waals surface area contributed by atoms with Crippen LogP contribution in [0.3, 0.4) is 0 Å². The van der Waals surface area contributed by atoms with Gasteiger partial charge in [-0.15, -0.1) is 0 Å². The molecule has 1 aliphatic heterocycles. The number of para-hydroxylation sites is 1. The van der Waals surface area contributed by atoms with Gasteiger partial charge in [-0.2, -0.15) is 5.26 Å². The molecule has 4 nitrogen and oxygen atoms in total. The van der Waals surface area contributed by atoms with E-state index in [-0.39, 0.29) is 11.5 Å². The van der Waals surface area contributed by atoms with Crippen molar-refractivity contribution < 1.29 is 9.21 Å². The Bertz CT molecular complexity index is 708. The zero-order valence-electron chi connectivity index (χ0n) is 10.7. The summed E-state index contributed by atoms with van der Waals surface area (Å²) in [4.78, 5) is 14.1. The van der Waals surface area contributed by atoms with Gasteiger partial charge in [0.25, 0.3) is 5.91 Å². The monoisotopic (exact) mass is 264 g/mol. The number of carbonyl (C=O) groups excluding carboxylic acids is 1. The van der Waals surface area contributed by atoms with Crippen LogP contribution in [0.2, 0.25) is 0 Å². The molecule has 1 aliphatic rings. The summed E-state index contributed by atoms with van der Waals surface area (Å²) < 4.78 is 5.15. The maximum atomic E-state index is 12.5. The van der Waals surface area contributed by atoms with E-state index in [0.717, 1.165) is 17.7 Å². The molecule has 0 saturated heterocycles. The molecule has 1 aromatic heterocycles. The number of nitrogens with zero attached hydrogens (tertiary/aromatic N) is 2. The number of benzene rings is 1. The van der Waals surface area contributed by atoms with Crippen LogP contribution in [-0.4, -0.2) is 12.5 Å². The van der Waals surface area contributed by atoms with E-state index in [4.69, 9.17) is 4.42 Å². The third kappa shape index (κ3) is 2.10. The number of carbonyl (C=O) groups is 1. The lowest BCUT2D eigenvalue weighted by atomic mass is 10.1. The molecule has 0 radical (unpaired) electrons. The van der Waals surface area contributed by atoms with Crippen molar-refractivity contribution in [3.63, 3.8) is 0 Å². The lowest BCUT2D eigenvalue weighted by molar-refractivity contribution is -0.114. The van der Waals surface area contributed by atoms with E-state index in [1.807, 2.05) is 30.3 Å². The highest BCUT2D eigenvalue weighted by molar-refractivity contribution is 6.11. The second-order valence-corrected chi connectivity index (χ2v) is 4.52. The summed E-state index contributed by atoms with van der Waals surface area (Å²) in [7, 11) is 0. The fraction of sp³-hybridized carbons (Fsp3) is 0.125. The Balaban J connectivity index is 1.92. The van der Waals surface area contributed by atoms with Crippen LogP contribution in [0.5, 0.6) is 0 Å². The number of furan rings is 1. The minimum atomic E-state index is -0.283. The van der Waals surface area contributed by atoms with Crippen LogP contribution in [0, 0.1) is 11.3 Å². The van der Waals surface area contributed by atoms with Crippen molar-refractivity contribution in [3.8, 4) is 6.07 Å². The Hall–Kier alpha value is -2.80. The molecule has 0 unspecified atom stereocenters. The zero-order chi connectivity index (χ0) is 13.9. The van der Waals surface area contributed by atoms with Gasteiger partial charge in [-0.25, -0.2) is 0 Å². The summed E-state index contributed by atoms with van der Waals surface area (Å²) in [6, 6.07) is 13.1. The summed E-state index contributed by atoms with van der Waals surface area (Å²) in [5.74, 6) is 0.219. The van der Waals surface area contributed by atoms with Crippen LogP contribution in [-0.2, 0) is 11.2 Å². The van der Waals surface area contributed by atoms with Gasteiger partial charge in [-0.05, 0) is 30.2 Å². The van der Waals surface area contributed by atoms with E-state index < -0.39 is 0 Å². The third-order valence-electron chi connectivity index (χ3n) is 3.31. The van der Waals surface area contributed by atoms with Crippen LogP contribution in [0.15, 0.2) is 52.7 Å². The van der Waals surface area contributed by atoms with Gasteiger partial charge in [0.2, 0.25) is 0 Å². The normalized spacial score (nSPS) is 13.9. The number of fused-ring (bicyclic) bond motifs is 1. The quantitative estimate of drug-likeness (QED) is 0.619. The second-order valence-electron chi connectivity index (χ2n) is 4.52. The topological polar surface area (TPSA) is 57.2 Å². The average Bonchev–Trinajstić information content (AvgIpc) is 3.13. The molecule has 2 aromatic rings. The summed E-state index contributed by atoms with van der Waals surface area (Å²) in [6.45, 7) is 0.607. The van der Waals surface area contributed by atoms with Gasteiger partial charge in [0.15, 0.2) is 0 Å². The van der Waals surface area contributed by atoms with E-state index in [1.165, 1.54) is 12.3 Å². The first-order valence-electron chi connectivity index (χ1n) is 6.34. The number of hydrogen-bond donors (Lipinski definition) is 0. The van der Waals surface area contributed by atoms with Crippen LogP contribution in [0.25, 0.3) is 6.08 Å². The van der Waals surface area contributed by atoms with Crippen LogP contribution in [0.4, 0.5) is 5.69 Å². The van der Waals surface area contributed by atoms with Gasteiger partial charge >= 0.3 is 0 Å². The first kappa shape index (κ1) is 12.2. The summed E-state index contributed by atoms with van der Waals surface area (Å²) in [5, 5.41) is 9.20. The SMILES string of the molecule is N#C/C(=C/c1ccco1)C(=O)N1CCc2ccccc21. The molecular formula is C16H12N2O2. The van der Waals surface area contributed by atoms with E-state index in [1.54, 1.807) is 17.0 Å². The van der Waals surface area contributed by atoms with Crippen molar-refractivity contribution in [2.45, 2.75) is 6.42 Å². The average molecular weight is 264 g/mol. The Morgan fingerprint density at radius 1 is 1.30 bits per heavy atom. The number of amides is 1. The van der Waals surface area contributed by atoms with Crippen molar-refractivity contribution in [2.24, 2.45) is 0 Å². The molecular weight excluding hydrogens is 252 g/mol. The second kappa shape index (κ2) is 5.06. The molecule has 1 aromatic carbocycles. The van der Waals surface area contributed by atoms with Crippen LogP contribution < -0.4 is 4.90 Å². The van der Waals surface area contributed by atoms with Crippen molar-refractivity contribution in [1.29, 1.82) is 5.26 Å². The summed E-state index contributed by atoms with van der Waals surface area (Å²) in [5.41, 5.74) is 2.10. The molecule has 0 fully saturated rings. The predicted octanol–water partition coefficient (Wildman–Crippen LogP) is 2.78. The highest BCUT2D eigenvalue weighted by Gasteiger charge is 2.26. The minimum Gasteiger partial charge on any atom is -0.465 e. The standard InChI is InChI=1S/C16H12N2O2/c17-11-13(10-14-5-3-9-20-14)16(19)18-8-7-12-4-1-2-6-15(12)18/h1-6,9-10H,7-8H2/b13-10-. The number of rotatable bonds is 2. The zero-order valence-corrected chi connectivity index (χ0v) is 10.7. The smallest absolute Gasteiger partial charge is 0.269 e. The first-order valence-corrected chi connectivity index (χ1v) is 6.34. The Labute approximate surface area is 116 Å². The summed E-state index contributed by atoms with van der Waals surface area (Å²) >= 11 is 0. The Kier molecular flexibility index (Phi) is 3.10. The molecule has 0 atom stereocenters. The molecule has 0 spiro atoms. The molecule has 98 valence electrons. The molecule has 0 bridgehead atoms. The molecule has 1 amide bonds. The van der Waals surface area contributed by atoms with Crippen molar-refractivity contribution in [1.82, 2.24) is 0 Å². The van der Waals surface area contributed by atoms with Crippen molar-refractivity contribution in [2.75, 3.05) is 11.4 Å². The fourth-order valence-electron chi connectivity index (χ4n) is 2.35. The lowest BCUT2D eigenvalue weighted by Gasteiger charge is -2.16. The highest BCUT2D eigenvalue weighted by Crippen LogP contribution is 2.28. The lowest BCUT2D eigenvalue weighted by Crippen LogP contribution is -2.29. The first-order chi connectivity index (χ1) is 9.79. The van der Waals surface area contributed by atoms with Gasteiger partial charge in [0.1, 0.15) is 17.4 Å². The van der Waals surface area contributed by atoms with E-state index in [0.29, 0.717) is 12.3 Å². The molecule has 0 N–H and O–H groups in total. The molecule has 20 heavy (non-hydrogen) atoms. The molecule has 0 saturated carbocycles. The highest BCUT2D eigenvalue weighted by atomic mass is 16.3. The molecule has 0 aliphatic carbocycles. The Morgan fingerprint density at radius 2 is 2.15 bits per heavy atom. The van der Waals surface area contributed by atoms with Crippen LogP contribution in [0.1, 0.15) is 11.3 Å². The van der Waals surface area contributed by atoms with Crippen LogP contribution >= 0.6 is 0 Å². The van der Waals surface area contributed by atoms with E-state index in [2.05, 4.69) is 0 Å². The number of anilines is 1. The third-order valence-corrected chi connectivity index (χ3v) is 3.31. The maximum absolute atomic E-state index is 12.5. The van der Waals surface area contributed by atoms with Crippen molar-refractivity contribution >= 4 is 17.7 Å². The van der Waals surface area contributed by atoms with E-state index >= 15 is 0 Å². The number of nitriles is 1. The fourth-order valence-corrected chi connectivity index (χ4v) is 2.35. The molecule has 2 heterocycles. The largest absolute Gasteiger partial charge is 0.465 e. The molecule has 4 heteroatoms. The number of hydrogen-bond acceptors (Lipinski definition) is 3. The minimum absolute atomic E-state index is 0.0802. The maximum Gasteiger partial charge on any atom is 0.269 e. The van der Waals surface area contributed by atoms with Gasteiger partial charge in [0, 0.05) is 18.3 Å².